The molecular formula is C17H23FO4. The van der Waals surface area contributed by atoms with E-state index in [0.29, 0.717) is 36.7 Å². The van der Waals surface area contributed by atoms with Crippen LogP contribution < -0.4 is 9.47 Å². The van der Waals surface area contributed by atoms with Crippen molar-refractivity contribution in [2.45, 2.75) is 40.0 Å². The van der Waals surface area contributed by atoms with Gasteiger partial charge in [-0.3, -0.25) is 0 Å². The number of ether oxygens (including phenoxy) is 2. The van der Waals surface area contributed by atoms with Crippen LogP contribution in [0.2, 0.25) is 0 Å². The standard InChI is InChI=1S/C17H23FO4/c1-4-7-21-15-10-13(12(6-3)9-17(19)20)14(18)11-16(15)22-8-5-2/h9-11H,4-8H2,1-3H3,(H,19,20)/b12-9+. The second-order valence-corrected chi connectivity index (χ2v) is 4.84. The number of benzene rings is 1. The summed E-state index contributed by atoms with van der Waals surface area (Å²) in [6, 6.07) is 2.79. The summed E-state index contributed by atoms with van der Waals surface area (Å²) in [4.78, 5) is 10.9. The third-order valence-corrected chi connectivity index (χ3v) is 2.98. The fourth-order valence-corrected chi connectivity index (χ4v) is 1.95. The molecule has 0 aliphatic carbocycles. The normalized spacial score (nSPS) is 11.4. The molecule has 0 atom stereocenters. The third-order valence-electron chi connectivity index (χ3n) is 2.98. The van der Waals surface area contributed by atoms with Gasteiger partial charge in [0.15, 0.2) is 11.5 Å². The van der Waals surface area contributed by atoms with Crippen molar-refractivity contribution in [3.8, 4) is 11.5 Å². The Balaban J connectivity index is 3.26. The first kappa shape index (κ1) is 18.0. The van der Waals surface area contributed by atoms with E-state index in [-0.39, 0.29) is 5.56 Å². The summed E-state index contributed by atoms with van der Waals surface area (Å²) in [6.07, 6.45) is 3.04. The number of carbonyl (C=O) groups is 1. The van der Waals surface area contributed by atoms with Gasteiger partial charge in [0.2, 0.25) is 0 Å². The first-order chi connectivity index (χ1) is 10.5. The molecule has 0 amide bonds. The Labute approximate surface area is 130 Å². The summed E-state index contributed by atoms with van der Waals surface area (Å²) in [5.41, 5.74) is 0.647. The zero-order valence-electron chi connectivity index (χ0n) is 13.3. The molecular weight excluding hydrogens is 287 g/mol. The molecule has 0 aromatic heterocycles. The topological polar surface area (TPSA) is 55.8 Å². The third kappa shape index (κ3) is 5.06. The van der Waals surface area contributed by atoms with E-state index in [1.165, 1.54) is 12.1 Å². The Morgan fingerprint density at radius 1 is 1.14 bits per heavy atom. The van der Waals surface area contributed by atoms with Crippen molar-refractivity contribution in [3.63, 3.8) is 0 Å². The van der Waals surface area contributed by atoms with Crippen molar-refractivity contribution >= 4 is 11.5 Å². The summed E-state index contributed by atoms with van der Waals surface area (Å²) in [5.74, 6) is -0.818. The second kappa shape index (κ2) is 9.07. The van der Waals surface area contributed by atoms with Crippen LogP contribution in [0.25, 0.3) is 5.57 Å². The molecule has 1 aromatic rings. The maximum atomic E-state index is 14.3. The van der Waals surface area contributed by atoms with Crippen LogP contribution >= 0.6 is 0 Å². The van der Waals surface area contributed by atoms with Crippen LogP contribution in [0, 0.1) is 5.82 Å². The molecule has 0 saturated carbocycles. The number of halogens is 1. The highest BCUT2D eigenvalue weighted by Crippen LogP contribution is 2.34. The van der Waals surface area contributed by atoms with Gasteiger partial charge in [-0.1, -0.05) is 20.8 Å². The number of allylic oxidation sites excluding steroid dienone is 1. The largest absolute Gasteiger partial charge is 0.490 e. The lowest BCUT2D eigenvalue weighted by atomic mass is 10.0. The van der Waals surface area contributed by atoms with Crippen LogP contribution in [0.3, 0.4) is 0 Å². The molecule has 0 spiro atoms. The van der Waals surface area contributed by atoms with Gasteiger partial charge in [0.1, 0.15) is 5.82 Å². The number of aliphatic carboxylic acids is 1. The summed E-state index contributed by atoms with van der Waals surface area (Å²) in [5, 5.41) is 8.89. The highest BCUT2D eigenvalue weighted by atomic mass is 19.1. The molecule has 0 unspecified atom stereocenters. The minimum atomic E-state index is -1.10. The summed E-state index contributed by atoms with van der Waals surface area (Å²) in [6.45, 7) is 6.66. The van der Waals surface area contributed by atoms with Crippen molar-refractivity contribution in [2.24, 2.45) is 0 Å². The Kier molecular flexibility index (Phi) is 7.43. The number of carboxylic acids is 1. The van der Waals surface area contributed by atoms with Crippen LogP contribution in [0.4, 0.5) is 4.39 Å². The maximum absolute atomic E-state index is 14.3. The SMILES string of the molecule is CCCOc1cc(F)c(/C(=C/C(=O)O)CC)cc1OCCC. The minimum absolute atomic E-state index is 0.236. The van der Waals surface area contributed by atoms with Crippen molar-refractivity contribution in [2.75, 3.05) is 13.2 Å². The van der Waals surface area contributed by atoms with E-state index < -0.39 is 11.8 Å². The molecule has 22 heavy (non-hydrogen) atoms. The zero-order chi connectivity index (χ0) is 16.5. The lowest BCUT2D eigenvalue weighted by Crippen LogP contribution is -2.04. The van der Waals surface area contributed by atoms with Crippen LogP contribution in [0.1, 0.15) is 45.6 Å². The first-order valence-electron chi connectivity index (χ1n) is 7.56. The second-order valence-electron chi connectivity index (χ2n) is 4.84. The molecule has 0 radical (unpaired) electrons. The van der Waals surface area contributed by atoms with Crippen LogP contribution in [-0.2, 0) is 4.79 Å². The van der Waals surface area contributed by atoms with Crippen LogP contribution in [0.5, 0.6) is 11.5 Å². The number of hydrogen-bond donors (Lipinski definition) is 1. The molecule has 1 N–H and O–H groups in total. The predicted molar refractivity (Wildman–Crippen MR) is 83.9 cm³/mol. The monoisotopic (exact) mass is 310 g/mol. The average Bonchev–Trinajstić information content (AvgIpc) is 2.49. The fraction of sp³-hybridized carbons (Fsp3) is 0.471. The van der Waals surface area contributed by atoms with Gasteiger partial charge in [-0.15, -0.1) is 0 Å². The van der Waals surface area contributed by atoms with E-state index in [2.05, 4.69) is 0 Å². The number of hydrogen-bond acceptors (Lipinski definition) is 3. The molecule has 0 aliphatic heterocycles. The molecule has 0 fully saturated rings. The van der Waals surface area contributed by atoms with Gasteiger partial charge in [0, 0.05) is 17.7 Å². The molecule has 1 aromatic carbocycles. The van der Waals surface area contributed by atoms with Crippen LogP contribution in [-0.4, -0.2) is 24.3 Å². The van der Waals surface area contributed by atoms with E-state index in [9.17, 15) is 9.18 Å². The molecule has 122 valence electrons. The van der Waals surface area contributed by atoms with Gasteiger partial charge in [0.25, 0.3) is 0 Å². The molecule has 4 nitrogen and oxygen atoms in total. The zero-order valence-corrected chi connectivity index (χ0v) is 13.3. The van der Waals surface area contributed by atoms with E-state index in [1.54, 1.807) is 6.92 Å². The Morgan fingerprint density at radius 2 is 1.68 bits per heavy atom. The van der Waals surface area contributed by atoms with Crippen molar-refractivity contribution < 1.29 is 23.8 Å². The van der Waals surface area contributed by atoms with E-state index >= 15 is 0 Å². The highest BCUT2D eigenvalue weighted by molar-refractivity contribution is 5.90. The van der Waals surface area contributed by atoms with Gasteiger partial charge in [-0.05, 0) is 30.9 Å². The Bertz CT molecular complexity index is 538. The van der Waals surface area contributed by atoms with E-state index in [0.717, 1.165) is 18.9 Å². The molecule has 0 aliphatic rings. The summed E-state index contributed by atoms with van der Waals surface area (Å²) in [7, 11) is 0. The summed E-state index contributed by atoms with van der Waals surface area (Å²) >= 11 is 0. The smallest absolute Gasteiger partial charge is 0.328 e. The van der Waals surface area contributed by atoms with E-state index in [1.807, 2.05) is 13.8 Å². The van der Waals surface area contributed by atoms with Gasteiger partial charge in [-0.25, -0.2) is 9.18 Å². The summed E-state index contributed by atoms with van der Waals surface area (Å²) < 4.78 is 25.4. The molecule has 0 bridgehead atoms. The van der Waals surface area contributed by atoms with Crippen molar-refractivity contribution in [3.05, 3.63) is 29.6 Å². The Hall–Kier alpha value is -2.04. The molecule has 5 heteroatoms. The van der Waals surface area contributed by atoms with E-state index in [4.69, 9.17) is 14.6 Å². The fourth-order valence-electron chi connectivity index (χ4n) is 1.95. The van der Waals surface area contributed by atoms with Crippen LogP contribution in [0.15, 0.2) is 18.2 Å². The van der Waals surface area contributed by atoms with Gasteiger partial charge < -0.3 is 14.6 Å². The molecule has 0 heterocycles. The van der Waals surface area contributed by atoms with Gasteiger partial charge >= 0.3 is 5.97 Å². The maximum Gasteiger partial charge on any atom is 0.328 e. The van der Waals surface area contributed by atoms with Crippen molar-refractivity contribution in [1.82, 2.24) is 0 Å². The first-order valence-corrected chi connectivity index (χ1v) is 7.56. The van der Waals surface area contributed by atoms with Crippen molar-refractivity contribution in [1.29, 1.82) is 0 Å². The molecule has 0 saturated heterocycles. The highest BCUT2D eigenvalue weighted by Gasteiger charge is 2.15. The average molecular weight is 310 g/mol. The number of carboxylic acid groups (broad SMARTS) is 1. The number of rotatable bonds is 9. The van der Waals surface area contributed by atoms with Gasteiger partial charge in [0.05, 0.1) is 13.2 Å². The minimum Gasteiger partial charge on any atom is -0.490 e. The lowest BCUT2D eigenvalue weighted by Gasteiger charge is -2.15. The Morgan fingerprint density at radius 3 is 2.14 bits per heavy atom. The molecule has 1 rings (SSSR count). The predicted octanol–water partition coefficient (Wildman–Crippen LogP) is 4.28. The van der Waals surface area contributed by atoms with Gasteiger partial charge in [-0.2, -0.15) is 0 Å². The lowest BCUT2D eigenvalue weighted by molar-refractivity contribution is -0.131. The quantitative estimate of drug-likeness (QED) is 0.692.